The first-order valence-corrected chi connectivity index (χ1v) is 5.27. The maximum Gasteiger partial charge on any atom is 0.305 e. The van der Waals surface area contributed by atoms with Crippen molar-refractivity contribution in [2.45, 2.75) is 12.8 Å². The Morgan fingerprint density at radius 3 is 2.94 bits per heavy atom. The van der Waals surface area contributed by atoms with Gasteiger partial charge in [0.15, 0.2) is 0 Å². The molecule has 1 aromatic carbocycles. The van der Waals surface area contributed by atoms with Crippen LogP contribution in [0, 0.1) is 5.82 Å². The summed E-state index contributed by atoms with van der Waals surface area (Å²) in [4.78, 5) is 10.8. The van der Waals surface area contributed by atoms with Gasteiger partial charge in [-0.1, -0.05) is 11.6 Å². The molecule has 0 aliphatic heterocycles. The van der Waals surface area contributed by atoms with Crippen LogP contribution >= 0.6 is 11.6 Å². The van der Waals surface area contributed by atoms with Crippen molar-refractivity contribution in [2.24, 2.45) is 0 Å². The van der Waals surface area contributed by atoms with E-state index in [4.69, 9.17) is 11.6 Å². The van der Waals surface area contributed by atoms with Crippen LogP contribution in [0.25, 0.3) is 0 Å². The SMILES string of the molecule is COC(=O)CCCNc1ccc(F)c(Cl)c1. The van der Waals surface area contributed by atoms with Crippen molar-refractivity contribution in [3.05, 3.63) is 29.0 Å². The summed E-state index contributed by atoms with van der Waals surface area (Å²) in [7, 11) is 1.36. The normalized spacial score (nSPS) is 9.94. The molecule has 1 N–H and O–H groups in total. The summed E-state index contributed by atoms with van der Waals surface area (Å²) < 4.78 is 17.3. The minimum atomic E-state index is -0.443. The van der Waals surface area contributed by atoms with E-state index in [0.717, 1.165) is 5.69 Å². The summed E-state index contributed by atoms with van der Waals surface area (Å²) in [5, 5.41) is 3.11. The number of hydrogen-bond acceptors (Lipinski definition) is 3. The van der Waals surface area contributed by atoms with Gasteiger partial charge in [-0.15, -0.1) is 0 Å². The Morgan fingerprint density at radius 1 is 1.56 bits per heavy atom. The second kappa shape index (κ2) is 6.33. The second-order valence-corrected chi connectivity index (χ2v) is 3.64. The molecule has 0 heterocycles. The Balaban J connectivity index is 2.32. The van der Waals surface area contributed by atoms with Crippen molar-refractivity contribution < 1.29 is 13.9 Å². The number of carbonyl (C=O) groups excluding carboxylic acids is 1. The second-order valence-electron chi connectivity index (χ2n) is 3.24. The third kappa shape index (κ3) is 4.06. The van der Waals surface area contributed by atoms with Gasteiger partial charge in [0.05, 0.1) is 12.1 Å². The van der Waals surface area contributed by atoms with Crippen LogP contribution in [-0.4, -0.2) is 19.6 Å². The topological polar surface area (TPSA) is 38.3 Å². The number of anilines is 1. The molecule has 0 fully saturated rings. The van der Waals surface area contributed by atoms with Crippen molar-refractivity contribution in [3.63, 3.8) is 0 Å². The fraction of sp³-hybridized carbons (Fsp3) is 0.364. The highest BCUT2D eigenvalue weighted by atomic mass is 35.5. The van der Waals surface area contributed by atoms with Crippen LogP contribution in [0.5, 0.6) is 0 Å². The quantitative estimate of drug-likeness (QED) is 0.640. The Morgan fingerprint density at radius 2 is 2.31 bits per heavy atom. The zero-order chi connectivity index (χ0) is 12.0. The standard InChI is InChI=1S/C11H13ClFNO2/c1-16-11(15)3-2-6-14-8-4-5-10(13)9(12)7-8/h4-5,7,14H,2-3,6H2,1H3. The average Bonchev–Trinajstić information content (AvgIpc) is 2.28. The molecular weight excluding hydrogens is 233 g/mol. The van der Waals surface area contributed by atoms with Gasteiger partial charge < -0.3 is 10.1 Å². The molecule has 0 saturated carbocycles. The molecule has 0 aromatic heterocycles. The van der Waals surface area contributed by atoms with Crippen LogP contribution < -0.4 is 5.32 Å². The lowest BCUT2D eigenvalue weighted by Gasteiger charge is -2.06. The van der Waals surface area contributed by atoms with Crippen molar-refractivity contribution >= 4 is 23.3 Å². The number of esters is 1. The van der Waals surface area contributed by atoms with Crippen LogP contribution in [0.1, 0.15) is 12.8 Å². The van der Waals surface area contributed by atoms with Gasteiger partial charge in [0, 0.05) is 18.7 Å². The summed E-state index contributed by atoms with van der Waals surface area (Å²) in [6.07, 6.45) is 1.01. The average molecular weight is 246 g/mol. The molecule has 0 unspecified atom stereocenters. The lowest BCUT2D eigenvalue weighted by Crippen LogP contribution is -2.06. The fourth-order valence-electron chi connectivity index (χ4n) is 1.17. The maximum absolute atomic E-state index is 12.8. The zero-order valence-electron chi connectivity index (χ0n) is 8.93. The van der Waals surface area contributed by atoms with Gasteiger partial charge in [-0.25, -0.2) is 4.39 Å². The third-order valence-corrected chi connectivity index (χ3v) is 2.32. The van der Waals surface area contributed by atoms with Crippen LogP contribution in [-0.2, 0) is 9.53 Å². The van der Waals surface area contributed by atoms with Crippen molar-refractivity contribution in [1.29, 1.82) is 0 Å². The number of hydrogen-bond donors (Lipinski definition) is 1. The molecule has 0 saturated heterocycles. The molecular formula is C11H13ClFNO2. The van der Waals surface area contributed by atoms with E-state index in [1.54, 1.807) is 6.07 Å². The van der Waals surface area contributed by atoms with Gasteiger partial charge >= 0.3 is 5.97 Å². The van der Waals surface area contributed by atoms with Crippen LogP contribution in [0.4, 0.5) is 10.1 Å². The highest BCUT2D eigenvalue weighted by Crippen LogP contribution is 2.19. The molecule has 0 aliphatic rings. The Hall–Kier alpha value is -1.29. The Kier molecular flexibility index (Phi) is 5.05. The molecule has 0 aliphatic carbocycles. The summed E-state index contributed by atoms with van der Waals surface area (Å²) in [6.45, 7) is 0.608. The molecule has 0 bridgehead atoms. The molecule has 16 heavy (non-hydrogen) atoms. The van der Waals surface area contributed by atoms with Gasteiger partial charge in [-0.05, 0) is 24.6 Å². The molecule has 3 nitrogen and oxygen atoms in total. The van der Waals surface area contributed by atoms with Crippen molar-refractivity contribution in [2.75, 3.05) is 19.0 Å². The number of benzene rings is 1. The summed E-state index contributed by atoms with van der Waals surface area (Å²) in [5.41, 5.74) is 0.733. The molecule has 0 radical (unpaired) electrons. The molecule has 0 amide bonds. The number of rotatable bonds is 5. The van der Waals surface area contributed by atoms with E-state index in [1.165, 1.54) is 19.2 Å². The number of ether oxygens (including phenoxy) is 1. The summed E-state index contributed by atoms with van der Waals surface area (Å²) >= 11 is 5.61. The fourth-order valence-corrected chi connectivity index (χ4v) is 1.35. The van der Waals surface area contributed by atoms with Crippen LogP contribution in [0.15, 0.2) is 18.2 Å². The van der Waals surface area contributed by atoms with Gasteiger partial charge in [-0.2, -0.15) is 0 Å². The first-order chi connectivity index (χ1) is 7.63. The van der Waals surface area contributed by atoms with E-state index in [0.29, 0.717) is 19.4 Å². The Labute approximate surface area is 98.5 Å². The van der Waals surface area contributed by atoms with Crippen molar-refractivity contribution in [3.8, 4) is 0 Å². The molecule has 5 heteroatoms. The lowest BCUT2D eigenvalue weighted by atomic mass is 10.2. The number of carbonyl (C=O) groups is 1. The maximum atomic E-state index is 12.8. The zero-order valence-corrected chi connectivity index (χ0v) is 9.68. The first-order valence-electron chi connectivity index (χ1n) is 4.89. The van der Waals surface area contributed by atoms with Gasteiger partial charge in [-0.3, -0.25) is 4.79 Å². The van der Waals surface area contributed by atoms with E-state index in [9.17, 15) is 9.18 Å². The van der Waals surface area contributed by atoms with Gasteiger partial charge in [0.25, 0.3) is 0 Å². The highest BCUT2D eigenvalue weighted by Gasteiger charge is 2.01. The van der Waals surface area contributed by atoms with Gasteiger partial charge in [0.2, 0.25) is 0 Å². The van der Waals surface area contributed by atoms with Crippen molar-refractivity contribution in [1.82, 2.24) is 0 Å². The monoisotopic (exact) mass is 245 g/mol. The smallest absolute Gasteiger partial charge is 0.305 e. The molecule has 88 valence electrons. The minimum absolute atomic E-state index is 0.0815. The molecule has 0 spiro atoms. The third-order valence-electron chi connectivity index (χ3n) is 2.03. The number of halogens is 2. The first kappa shape index (κ1) is 12.8. The number of methoxy groups -OCH3 is 1. The molecule has 1 rings (SSSR count). The van der Waals surface area contributed by atoms with E-state index in [-0.39, 0.29) is 11.0 Å². The van der Waals surface area contributed by atoms with E-state index < -0.39 is 5.82 Å². The molecule has 1 aromatic rings. The van der Waals surface area contributed by atoms with E-state index >= 15 is 0 Å². The highest BCUT2D eigenvalue weighted by molar-refractivity contribution is 6.31. The lowest BCUT2D eigenvalue weighted by molar-refractivity contribution is -0.140. The van der Waals surface area contributed by atoms with Gasteiger partial charge in [0.1, 0.15) is 5.82 Å². The largest absolute Gasteiger partial charge is 0.469 e. The predicted octanol–water partition coefficient (Wildman–Crippen LogP) is 2.84. The number of nitrogens with one attached hydrogen (secondary N) is 1. The summed E-state index contributed by atoms with van der Waals surface area (Å²) in [5.74, 6) is -0.680. The minimum Gasteiger partial charge on any atom is -0.469 e. The van der Waals surface area contributed by atoms with E-state index in [2.05, 4.69) is 10.1 Å². The Bertz CT molecular complexity index is 371. The van der Waals surface area contributed by atoms with E-state index in [1.807, 2.05) is 0 Å². The summed E-state index contributed by atoms with van der Waals surface area (Å²) in [6, 6.07) is 4.40. The molecule has 0 atom stereocenters. The predicted molar refractivity (Wildman–Crippen MR) is 61.1 cm³/mol. The van der Waals surface area contributed by atoms with Crippen LogP contribution in [0.3, 0.4) is 0 Å². The van der Waals surface area contributed by atoms with Crippen LogP contribution in [0.2, 0.25) is 5.02 Å².